The molecule has 146 valence electrons. The largest absolute Gasteiger partial charge is 0.467 e. The molecular weight excluding hydrogens is 372 g/mol. The molecule has 4 rings (SSSR count). The van der Waals surface area contributed by atoms with Gasteiger partial charge in [0.05, 0.1) is 12.8 Å². The van der Waals surface area contributed by atoms with Crippen molar-refractivity contribution in [2.75, 3.05) is 7.11 Å². The number of esters is 1. The smallest absolute Gasteiger partial charge is 0.328 e. The number of fused-ring (bicyclic) bond motifs is 1. The Balaban J connectivity index is 1.56. The summed E-state index contributed by atoms with van der Waals surface area (Å²) in [7, 11) is 1.30. The summed E-state index contributed by atoms with van der Waals surface area (Å²) in [6.07, 6.45) is 3.57. The summed E-state index contributed by atoms with van der Waals surface area (Å²) in [5.74, 6) is -0.907. The van der Waals surface area contributed by atoms with Gasteiger partial charge in [0.15, 0.2) is 0 Å². The second-order valence-electron chi connectivity index (χ2n) is 6.42. The number of aromatic nitrogens is 5. The maximum absolute atomic E-state index is 12.8. The highest BCUT2D eigenvalue weighted by molar-refractivity contribution is 5.97. The van der Waals surface area contributed by atoms with E-state index in [-0.39, 0.29) is 0 Å². The average molecular weight is 390 g/mol. The van der Waals surface area contributed by atoms with Gasteiger partial charge in [-0.05, 0) is 40.3 Å². The van der Waals surface area contributed by atoms with Gasteiger partial charge in [0.25, 0.3) is 5.91 Å². The van der Waals surface area contributed by atoms with E-state index in [9.17, 15) is 9.59 Å². The van der Waals surface area contributed by atoms with E-state index in [1.165, 1.54) is 18.1 Å². The molecular formula is C20H18N6O3. The van der Waals surface area contributed by atoms with Crippen LogP contribution in [0.5, 0.6) is 0 Å². The SMILES string of the molecule is COC(=O)C(Cc1c[nH]c2ccccc12)NC(=O)c1cccc(-n2cnnn2)c1. The number of tetrazole rings is 1. The number of benzene rings is 2. The topological polar surface area (TPSA) is 115 Å². The summed E-state index contributed by atoms with van der Waals surface area (Å²) in [6.45, 7) is 0. The van der Waals surface area contributed by atoms with Crippen molar-refractivity contribution in [2.24, 2.45) is 0 Å². The molecule has 4 aromatic rings. The fourth-order valence-corrected chi connectivity index (χ4v) is 3.17. The molecule has 0 radical (unpaired) electrons. The molecule has 0 aliphatic carbocycles. The average Bonchev–Trinajstić information content (AvgIpc) is 3.43. The number of nitrogens with zero attached hydrogens (tertiary/aromatic N) is 4. The fourth-order valence-electron chi connectivity index (χ4n) is 3.17. The molecule has 0 bridgehead atoms. The summed E-state index contributed by atoms with van der Waals surface area (Å²) in [5, 5.41) is 14.8. The molecule has 2 heterocycles. The first-order valence-electron chi connectivity index (χ1n) is 8.93. The molecule has 0 spiro atoms. The van der Waals surface area contributed by atoms with Crippen LogP contribution in [0.15, 0.2) is 61.1 Å². The van der Waals surface area contributed by atoms with E-state index in [0.29, 0.717) is 17.7 Å². The molecule has 1 atom stereocenters. The van der Waals surface area contributed by atoms with Gasteiger partial charge in [0.1, 0.15) is 12.4 Å². The van der Waals surface area contributed by atoms with Gasteiger partial charge < -0.3 is 15.0 Å². The molecule has 1 amide bonds. The molecule has 0 aliphatic heterocycles. The van der Waals surface area contributed by atoms with Crippen molar-refractivity contribution in [2.45, 2.75) is 12.5 Å². The van der Waals surface area contributed by atoms with Crippen LogP contribution in [-0.4, -0.2) is 50.2 Å². The number of aromatic amines is 1. The number of hydrogen-bond acceptors (Lipinski definition) is 6. The first kappa shape index (κ1) is 18.4. The first-order chi connectivity index (χ1) is 14.2. The van der Waals surface area contributed by atoms with Crippen LogP contribution in [0, 0.1) is 0 Å². The van der Waals surface area contributed by atoms with Crippen LogP contribution in [0.2, 0.25) is 0 Å². The van der Waals surface area contributed by atoms with E-state index in [1.807, 2.05) is 30.5 Å². The van der Waals surface area contributed by atoms with E-state index >= 15 is 0 Å². The maximum atomic E-state index is 12.8. The number of rotatable bonds is 6. The molecule has 9 heteroatoms. The Kier molecular flexibility index (Phi) is 5.02. The lowest BCUT2D eigenvalue weighted by Gasteiger charge is -2.16. The summed E-state index contributed by atoms with van der Waals surface area (Å²) < 4.78 is 6.34. The monoisotopic (exact) mass is 390 g/mol. The molecule has 0 saturated heterocycles. The number of carbonyl (C=O) groups excluding carboxylic acids is 2. The van der Waals surface area contributed by atoms with E-state index in [4.69, 9.17) is 4.74 Å². The molecule has 0 aliphatic rings. The number of carbonyl (C=O) groups is 2. The minimum Gasteiger partial charge on any atom is -0.467 e. The summed E-state index contributed by atoms with van der Waals surface area (Å²) in [5.41, 5.74) is 2.89. The van der Waals surface area contributed by atoms with Gasteiger partial charge in [-0.2, -0.15) is 0 Å². The first-order valence-corrected chi connectivity index (χ1v) is 8.93. The Hall–Kier alpha value is -4.01. The minimum absolute atomic E-state index is 0.301. The van der Waals surface area contributed by atoms with Crippen molar-refractivity contribution in [3.8, 4) is 5.69 Å². The molecule has 29 heavy (non-hydrogen) atoms. The Morgan fingerprint density at radius 1 is 1.21 bits per heavy atom. The molecule has 1 unspecified atom stereocenters. The van der Waals surface area contributed by atoms with Crippen molar-refractivity contribution in [3.63, 3.8) is 0 Å². The Morgan fingerprint density at radius 2 is 2.07 bits per heavy atom. The predicted octanol–water partition coefficient (Wildman–Crippen LogP) is 1.66. The highest BCUT2D eigenvalue weighted by Gasteiger charge is 2.24. The second-order valence-corrected chi connectivity index (χ2v) is 6.42. The number of ether oxygens (including phenoxy) is 1. The normalized spacial score (nSPS) is 11.9. The fraction of sp³-hybridized carbons (Fsp3) is 0.150. The van der Waals surface area contributed by atoms with Crippen LogP contribution in [0.25, 0.3) is 16.6 Å². The number of methoxy groups -OCH3 is 1. The lowest BCUT2D eigenvalue weighted by atomic mass is 10.0. The van der Waals surface area contributed by atoms with Gasteiger partial charge in [-0.25, -0.2) is 9.48 Å². The van der Waals surface area contributed by atoms with E-state index < -0.39 is 17.9 Å². The summed E-state index contributed by atoms with van der Waals surface area (Å²) in [6, 6.07) is 13.7. The van der Waals surface area contributed by atoms with Crippen LogP contribution in [0.1, 0.15) is 15.9 Å². The van der Waals surface area contributed by atoms with Gasteiger partial charge in [-0.3, -0.25) is 4.79 Å². The lowest BCUT2D eigenvalue weighted by Crippen LogP contribution is -2.43. The van der Waals surface area contributed by atoms with Crippen LogP contribution in [-0.2, 0) is 16.0 Å². The van der Waals surface area contributed by atoms with Crippen LogP contribution in [0.4, 0.5) is 0 Å². The third kappa shape index (κ3) is 3.84. The Morgan fingerprint density at radius 3 is 2.86 bits per heavy atom. The summed E-state index contributed by atoms with van der Waals surface area (Å²) in [4.78, 5) is 28.3. The third-order valence-corrected chi connectivity index (χ3v) is 4.61. The van der Waals surface area contributed by atoms with Gasteiger partial charge in [-0.1, -0.05) is 24.3 Å². The van der Waals surface area contributed by atoms with Gasteiger partial charge in [-0.15, -0.1) is 5.10 Å². The highest BCUT2D eigenvalue weighted by atomic mass is 16.5. The number of hydrogen-bond donors (Lipinski definition) is 2. The molecule has 2 aromatic heterocycles. The third-order valence-electron chi connectivity index (χ3n) is 4.61. The summed E-state index contributed by atoms with van der Waals surface area (Å²) >= 11 is 0. The van der Waals surface area contributed by atoms with Crippen LogP contribution >= 0.6 is 0 Å². The molecule has 9 nitrogen and oxygen atoms in total. The quantitative estimate of drug-likeness (QED) is 0.484. The second kappa shape index (κ2) is 7.93. The zero-order valence-electron chi connectivity index (χ0n) is 15.6. The van der Waals surface area contributed by atoms with Crippen molar-refractivity contribution in [1.29, 1.82) is 0 Å². The van der Waals surface area contributed by atoms with Crippen molar-refractivity contribution >= 4 is 22.8 Å². The molecule has 2 N–H and O–H groups in total. The molecule has 0 fully saturated rings. The van der Waals surface area contributed by atoms with Crippen molar-refractivity contribution in [3.05, 3.63) is 72.2 Å². The molecule has 2 aromatic carbocycles. The van der Waals surface area contributed by atoms with Gasteiger partial charge in [0.2, 0.25) is 0 Å². The van der Waals surface area contributed by atoms with Gasteiger partial charge >= 0.3 is 5.97 Å². The van der Waals surface area contributed by atoms with E-state index in [1.54, 1.807) is 24.3 Å². The number of amides is 1. The minimum atomic E-state index is -0.830. The number of H-pyrrole nitrogens is 1. The standard InChI is InChI=1S/C20H18N6O3/c1-29-20(28)18(10-14-11-21-17-8-3-2-7-16(14)17)23-19(27)13-5-4-6-15(9-13)26-12-22-24-25-26/h2-9,11-12,18,21H,10H2,1H3,(H,23,27). The number of nitrogens with one attached hydrogen (secondary N) is 2. The van der Waals surface area contributed by atoms with Crippen LogP contribution < -0.4 is 5.32 Å². The predicted molar refractivity (Wildman–Crippen MR) is 104 cm³/mol. The van der Waals surface area contributed by atoms with Gasteiger partial charge in [0, 0.05) is 29.1 Å². The van der Waals surface area contributed by atoms with Crippen molar-refractivity contribution in [1.82, 2.24) is 30.5 Å². The molecule has 0 saturated carbocycles. The number of para-hydroxylation sites is 1. The lowest BCUT2D eigenvalue weighted by molar-refractivity contribution is -0.142. The van der Waals surface area contributed by atoms with E-state index in [2.05, 4.69) is 25.8 Å². The maximum Gasteiger partial charge on any atom is 0.328 e. The van der Waals surface area contributed by atoms with Crippen molar-refractivity contribution < 1.29 is 14.3 Å². The zero-order valence-corrected chi connectivity index (χ0v) is 15.6. The highest BCUT2D eigenvalue weighted by Crippen LogP contribution is 2.19. The Labute approximate surface area is 165 Å². The Bertz CT molecular complexity index is 1150. The van der Waals surface area contributed by atoms with Crippen LogP contribution in [0.3, 0.4) is 0 Å². The zero-order chi connectivity index (χ0) is 20.2. The van der Waals surface area contributed by atoms with E-state index in [0.717, 1.165) is 16.5 Å².